The summed E-state index contributed by atoms with van der Waals surface area (Å²) in [6.07, 6.45) is 0. The number of ether oxygens (including phenoxy) is 1. The first kappa shape index (κ1) is 17.9. The van der Waals surface area contributed by atoms with Gasteiger partial charge in [0, 0.05) is 12.2 Å². The van der Waals surface area contributed by atoms with Gasteiger partial charge in [0.2, 0.25) is 0 Å². The number of hydrogen-bond donors (Lipinski definition) is 2. The second-order valence-electron chi connectivity index (χ2n) is 4.67. The molecule has 6 nitrogen and oxygen atoms in total. The lowest BCUT2D eigenvalue weighted by molar-refractivity contribution is -0.136. The highest BCUT2D eigenvalue weighted by Gasteiger charge is 2.34. The monoisotopic (exact) mass is 378 g/mol. The highest BCUT2D eigenvalue weighted by Crippen LogP contribution is 2.34. The summed E-state index contributed by atoms with van der Waals surface area (Å²) in [4.78, 5) is 25.6. The molecule has 124 valence electrons. The molecule has 0 radical (unpaired) electrons. The maximum atomic E-state index is 12.4. The predicted octanol–water partition coefficient (Wildman–Crippen LogP) is 2.32. The number of β-amino-alcohol motifs (C(OH)–C–C–N with tert-alkyl or cyclic N) is 1. The number of nitrogens with one attached hydrogen (secondary N) is 1. The summed E-state index contributed by atoms with van der Waals surface area (Å²) in [6.45, 7) is -0.0673. The van der Waals surface area contributed by atoms with E-state index < -0.39 is 11.9 Å². The van der Waals surface area contributed by atoms with Gasteiger partial charge in [-0.1, -0.05) is 34.8 Å². The Hall–Kier alpha value is -1.47. The summed E-state index contributed by atoms with van der Waals surface area (Å²) in [5.74, 6) is -1.06. The van der Waals surface area contributed by atoms with Gasteiger partial charge in [-0.05, 0) is 12.1 Å². The molecule has 0 aromatic heterocycles. The minimum absolute atomic E-state index is 0.0451. The average molecular weight is 380 g/mol. The van der Waals surface area contributed by atoms with E-state index in [1.165, 1.54) is 24.1 Å². The van der Waals surface area contributed by atoms with Gasteiger partial charge in [-0.15, -0.1) is 0 Å². The van der Waals surface area contributed by atoms with Crippen molar-refractivity contribution in [3.8, 4) is 0 Å². The summed E-state index contributed by atoms with van der Waals surface area (Å²) in [7, 11) is 1.22. The maximum absolute atomic E-state index is 12.4. The van der Waals surface area contributed by atoms with Crippen molar-refractivity contribution in [1.29, 1.82) is 0 Å². The number of esters is 1. The van der Waals surface area contributed by atoms with Crippen LogP contribution in [0.5, 0.6) is 0 Å². The number of anilines is 1. The third kappa shape index (κ3) is 3.72. The second-order valence-corrected chi connectivity index (χ2v) is 5.87. The first-order chi connectivity index (χ1) is 10.9. The van der Waals surface area contributed by atoms with Gasteiger partial charge < -0.3 is 20.1 Å². The third-order valence-corrected chi connectivity index (χ3v) is 4.40. The van der Waals surface area contributed by atoms with Crippen molar-refractivity contribution in [2.24, 2.45) is 0 Å². The van der Waals surface area contributed by atoms with E-state index in [0.717, 1.165) is 0 Å². The van der Waals surface area contributed by atoms with Crippen molar-refractivity contribution < 1.29 is 19.4 Å². The number of carbonyl (C=O) groups is 2. The molecule has 2 N–H and O–H groups in total. The molecule has 1 aromatic carbocycles. The fraction of sp³-hybridized carbons (Fsp3) is 0.286. The molecule has 0 saturated carbocycles. The highest BCUT2D eigenvalue weighted by molar-refractivity contribution is 6.48. The molecule has 0 unspecified atom stereocenters. The van der Waals surface area contributed by atoms with E-state index in [-0.39, 0.29) is 46.0 Å². The number of amides is 1. The van der Waals surface area contributed by atoms with Crippen LogP contribution in [0.3, 0.4) is 0 Å². The van der Waals surface area contributed by atoms with Crippen molar-refractivity contribution in [3.63, 3.8) is 0 Å². The van der Waals surface area contributed by atoms with E-state index in [4.69, 9.17) is 44.6 Å². The average Bonchev–Trinajstić information content (AvgIpc) is 2.81. The maximum Gasteiger partial charge on any atom is 0.337 e. The lowest BCUT2D eigenvalue weighted by Crippen LogP contribution is -2.31. The molecule has 1 aliphatic heterocycles. The number of halogens is 3. The van der Waals surface area contributed by atoms with Crippen molar-refractivity contribution in [2.45, 2.75) is 0 Å². The van der Waals surface area contributed by atoms with Gasteiger partial charge >= 0.3 is 5.97 Å². The Morgan fingerprint density at radius 1 is 1.35 bits per heavy atom. The minimum Gasteiger partial charge on any atom is -0.466 e. The fourth-order valence-corrected chi connectivity index (χ4v) is 2.72. The lowest BCUT2D eigenvalue weighted by atomic mass is 10.2. The van der Waals surface area contributed by atoms with Gasteiger partial charge in [-0.2, -0.15) is 0 Å². The second kappa shape index (κ2) is 7.40. The molecule has 1 heterocycles. The van der Waals surface area contributed by atoms with Gasteiger partial charge in [-0.3, -0.25) is 4.79 Å². The molecule has 0 atom stereocenters. The summed E-state index contributed by atoms with van der Waals surface area (Å²) in [5.41, 5.74) is 0.618. The van der Waals surface area contributed by atoms with Gasteiger partial charge in [0.25, 0.3) is 5.91 Å². The molecule has 0 bridgehead atoms. The Labute approximate surface area is 147 Å². The molecule has 1 amide bonds. The van der Waals surface area contributed by atoms with Crippen LogP contribution in [0.15, 0.2) is 23.4 Å². The van der Waals surface area contributed by atoms with Crippen LogP contribution in [0.2, 0.25) is 15.1 Å². The molecule has 0 saturated heterocycles. The number of methoxy groups -OCH3 is 1. The largest absolute Gasteiger partial charge is 0.466 e. The molecule has 0 aliphatic carbocycles. The first-order valence-corrected chi connectivity index (χ1v) is 7.65. The summed E-state index contributed by atoms with van der Waals surface area (Å²) in [5, 5.41) is 12.4. The molecule has 9 heteroatoms. The van der Waals surface area contributed by atoms with Crippen LogP contribution in [-0.4, -0.2) is 48.7 Å². The molecule has 2 rings (SSSR count). The molecule has 23 heavy (non-hydrogen) atoms. The number of hydrogen-bond acceptors (Lipinski definition) is 5. The molecule has 0 fully saturated rings. The van der Waals surface area contributed by atoms with Gasteiger partial charge in [0.1, 0.15) is 5.70 Å². The first-order valence-electron chi connectivity index (χ1n) is 6.52. The van der Waals surface area contributed by atoms with Crippen LogP contribution in [0.25, 0.3) is 0 Å². The third-order valence-electron chi connectivity index (χ3n) is 3.21. The normalized spacial score (nSPS) is 14.5. The Bertz CT molecular complexity index is 668. The Kier molecular flexibility index (Phi) is 5.75. The number of aliphatic hydroxyl groups excluding tert-OH is 1. The highest BCUT2D eigenvalue weighted by atomic mass is 35.5. The smallest absolute Gasteiger partial charge is 0.337 e. The van der Waals surface area contributed by atoms with Crippen LogP contribution in [-0.2, 0) is 14.3 Å². The zero-order valence-electron chi connectivity index (χ0n) is 12.0. The summed E-state index contributed by atoms with van der Waals surface area (Å²) < 4.78 is 4.69. The number of benzene rings is 1. The van der Waals surface area contributed by atoms with Crippen LogP contribution in [0, 0.1) is 0 Å². The molecule has 0 spiro atoms. The van der Waals surface area contributed by atoms with E-state index in [0.29, 0.717) is 5.69 Å². The summed E-state index contributed by atoms with van der Waals surface area (Å²) in [6, 6.07) is 2.97. The Balaban J connectivity index is 2.37. The molecular weight excluding hydrogens is 367 g/mol. The molecule has 1 aromatic rings. The Morgan fingerprint density at radius 2 is 1.96 bits per heavy atom. The van der Waals surface area contributed by atoms with Crippen molar-refractivity contribution in [3.05, 3.63) is 38.5 Å². The van der Waals surface area contributed by atoms with Gasteiger partial charge in [-0.25, -0.2) is 4.79 Å². The fourth-order valence-electron chi connectivity index (χ4n) is 2.12. The quantitative estimate of drug-likeness (QED) is 0.606. The van der Waals surface area contributed by atoms with Crippen molar-refractivity contribution >= 4 is 52.4 Å². The number of rotatable bonds is 5. The van der Waals surface area contributed by atoms with Gasteiger partial charge in [0.05, 0.1) is 40.9 Å². The van der Waals surface area contributed by atoms with E-state index >= 15 is 0 Å². The summed E-state index contributed by atoms with van der Waals surface area (Å²) >= 11 is 17.8. The van der Waals surface area contributed by atoms with E-state index in [1.807, 2.05) is 0 Å². The Morgan fingerprint density at radius 3 is 2.48 bits per heavy atom. The van der Waals surface area contributed by atoms with E-state index in [1.54, 1.807) is 0 Å². The van der Waals surface area contributed by atoms with Crippen LogP contribution < -0.4 is 5.32 Å². The van der Waals surface area contributed by atoms with Crippen LogP contribution >= 0.6 is 34.8 Å². The van der Waals surface area contributed by atoms with Crippen LogP contribution in [0.1, 0.15) is 0 Å². The van der Waals surface area contributed by atoms with E-state index in [2.05, 4.69) is 5.32 Å². The minimum atomic E-state index is -0.632. The zero-order valence-corrected chi connectivity index (χ0v) is 14.3. The molecule has 1 aliphatic rings. The number of carbonyl (C=O) groups excluding carboxylic acids is 2. The zero-order chi connectivity index (χ0) is 17.1. The standard InChI is InChI=1S/C14H13Cl3N2O4/c1-23-14(22)8-6-19(2-3-20)13(21)12(8)18-7-4-9(15)11(17)10(16)5-7/h4-5,18,20H,2-3,6H2,1H3. The van der Waals surface area contributed by atoms with Crippen LogP contribution in [0.4, 0.5) is 5.69 Å². The van der Waals surface area contributed by atoms with Crippen molar-refractivity contribution in [1.82, 2.24) is 4.90 Å². The predicted molar refractivity (Wildman–Crippen MR) is 87.8 cm³/mol. The lowest BCUT2D eigenvalue weighted by Gasteiger charge is -2.15. The van der Waals surface area contributed by atoms with E-state index in [9.17, 15) is 9.59 Å². The van der Waals surface area contributed by atoms with Gasteiger partial charge in [0.15, 0.2) is 0 Å². The number of nitrogens with zero attached hydrogens (tertiary/aromatic N) is 1. The van der Waals surface area contributed by atoms with Crippen molar-refractivity contribution in [2.75, 3.05) is 32.1 Å². The number of aliphatic hydroxyl groups is 1. The topological polar surface area (TPSA) is 78.9 Å². The molecular formula is C14H13Cl3N2O4. The SMILES string of the molecule is COC(=O)C1=C(Nc2cc(Cl)c(Cl)c(Cl)c2)C(=O)N(CCO)C1.